The topological polar surface area (TPSA) is 123 Å². The van der Waals surface area contributed by atoms with Crippen LogP contribution in [0.3, 0.4) is 0 Å². The molecule has 3 aromatic carbocycles. The summed E-state index contributed by atoms with van der Waals surface area (Å²) < 4.78 is 6.45. The number of nitro groups is 1. The molecule has 0 radical (unpaired) electrons. The number of aromatic nitrogens is 1. The van der Waals surface area contributed by atoms with Crippen LogP contribution in [0.15, 0.2) is 66.2 Å². The predicted octanol–water partition coefficient (Wildman–Crippen LogP) is 5.81. The fraction of sp³-hybridized carbons (Fsp3) is 0.148. The number of non-ortho nitro benzene ring substituents is 1. The minimum absolute atomic E-state index is 0.0133. The predicted molar refractivity (Wildman–Crippen MR) is 143 cm³/mol. The van der Waals surface area contributed by atoms with E-state index in [1.807, 2.05) is 6.92 Å². The number of ketones is 1. The van der Waals surface area contributed by atoms with Crippen LogP contribution < -0.4 is 9.64 Å². The molecule has 2 aliphatic rings. The van der Waals surface area contributed by atoms with Crippen molar-refractivity contribution >= 4 is 61.4 Å². The van der Waals surface area contributed by atoms with Gasteiger partial charge >= 0.3 is 5.91 Å². The second-order valence-corrected chi connectivity index (χ2v) is 10.5. The van der Waals surface area contributed by atoms with Crippen LogP contribution in [0.2, 0.25) is 5.02 Å². The molecule has 1 amide bonds. The first-order chi connectivity index (χ1) is 18.2. The summed E-state index contributed by atoms with van der Waals surface area (Å²) in [7, 11) is 0. The van der Waals surface area contributed by atoms with Gasteiger partial charge in [-0.1, -0.05) is 22.9 Å². The number of benzene rings is 3. The molecule has 190 valence electrons. The van der Waals surface area contributed by atoms with Crippen LogP contribution in [-0.4, -0.2) is 32.8 Å². The molecule has 2 atom stereocenters. The Morgan fingerprint density at radius 1 is 1.16 bits per heavy atom. The molecular weight excluding hydrogens is 530 g/mol. The van der Waals surface area contributed by atoms with E-state index >= 15 is 0 Å². The minimum atomic E-state index is -1.06. The number of aliphatic hydroxyl groups excluding tert-OH is 1. The highest BCUT2D eigenvalue weighted by Gasteiger charge is 2.48. The van der Waals surface area contributed by atoms with Crippen LogP contribution in [0.4, 0.5) is 10.8 Å². The molecule has 1 aromatic heterocycles. The number of carbonyl (C=O) groups is 2. The molecule has 2 aliphatic heterocycles. The van der Waals surface area contributed by atoms with Gasteiger partial charge in [0.05, 0.1) is 26.8 Å². The molecule has 1 fully saturated rings. The van der Waals surface area contributed by atoms with E-state index in [9.17, 15) is 24.8 Å². The zero-order valence-corrected chi connectivity index (χ0v) is 21.3. The van der Waals surface area contributed by atoms with Gasteiger partial charge in [-0.2, -0.15) is 0 Å². The van der Waals surface area contributed by atoms with Crippen LogP contribution >= 0.6 is 22.9 Å². The number of nitrogens with zero attached hydrogens (tertiary/aromatic N) is 3. The number of hydrogen-bond donors (Lipinski definition) is 1. The Morgan fingerprint density at radius 2 is 1.92 bits per heavy atom. The molecular formula is C27H18ClN3O6S. The summed E-state index contributed by atoms with van der Waals surface area (Å²) in [6.45, 7) is 1.94. The van der Waals surface area contributed by atoms with Crippen molar-refractivity contribution in [2.24, 2.45) is 0 Å². The highest BCUT2D eigenvalue weighted by atomic mass is 35.5. The Kier molecular flexibility index (Phi) is 5.66. The zero-order valence-electron chi connectivity index (χ0n) is 19.8. The fourth-order valence-corrected chi connectivity index (χ4v) is 6.11. The number of halogens is 1. The Morgan fingerprint density at radius 3 is 2.66 bits per heavy atom. The quantitative estimate of drug-likeness (QED) is 0.112. The number of hydrogen-bond acceptors (Lipinski definition) is 8. The molecule has 1 N–H and O–H groups in total. The first-order valence-electron chi connectivity index (χ1n) is 11.6. The first kappa shape index (κ1) is 24.1. The number of thiazole rings is 1. The summed E-state index contributed by atoms with van der Waals surface area (Å²) in [5.41, 5.74) is 1.97. The lowest BCUT2D eigenvalue weighted by molar-refractivity contribution is -0.384. The molecule has 0 saturated carbocycles. The second kappa shape index (κ2) is 8.93. The Labute approximate surface area is 224 Å². The fourth-order valence-electron chi connectivity index (χ4n) is 4.84. The standard InChI is InChI=1S/C27H18ClN3O6S/c1-13-10-16-11-15(4-9-20(16)37-13)24(32)22-23(14-2-6-18(7-3-14)31(35)36)30(26(34)25(22)33)27-29-19-8-5-17(28)12-21(19)38-27/h2-9,11-13,23,32H,10H2,1H3/b24-22+/t13-,23+/m1/s1. The average molecular weight is 548 g/mol. The number of fused-ring (bicyclic) bond motifs is 2. The molecule has 0 unspecified atom stereocenters. The van der Waals surface area contributed by atoms with Crippen LogP contribution in [0.5, 0.6) is 5.75 Å². The highest BCUT2D eigenvalue weighted by Crippen LogP contribution is 2.45. The third-order valence-corrected chi connectivity index (χ3v) is 7.83. The normalized spacial score (nSPS) is 20.1. The van der Waals surface area contributed by atoms with Crippen LogP contribution in [-0.2, 0) is 16.0 Å². The molecule has 0 bridgehead atoms. The first-order valence-corrected chi connectivity index (χ1v) is 12.8. The lowest BCUT2D eigenvalue weighted by Crippen LogP contribution is -2.29. The van der Waals surface area contributed by atoms with Gasteiger partial charge < -0.3 is 9.84 Å². The third-order valence-electron chi connectivity index (χ3n) is 6.58. The highest BCUT2D eigenvalue weighted by molar-refractivity contribution is 7.22. The van der Waals surface area contributed by atoms with Crippen molar-refractivity contribution in [3.8, 4) is 5.75 Å². The molecule has 3 heterocycles. The Balaban J connectivity index is 1.53. The summed E-state index contributed by atoms with van der Waals surface area (Å²) in [6, 6.07) is 14.7. The molecule has 1 saturated heterocycles. The number of aliphatic hydroxyl groups is 1. The molecule has 0 spiro atoms. The summed E-state index contributed by atoms with van der Waals surface area (Å²) in [4.78, 5) is 43.3. The van der Waals surface area contributed by atoms with E-state index in [2.05, 4.69) is 4.98 Å². The van der Waals surface area contributed by atoms with Gasteiger partial charge in [0.1, 0.15) is 17.6 Å². The summed E-state index contributed by atoms with van der Waals surface area (Å²) in [6.07, 6.45) is 0.630. The van der Waals surface area contributed by atoms with Crippen LogP contribution in [0.25, 0.3) is 16.0 Å². The van der Waals surface area contributed by atoms with E-state index in [0.29, 0.717) is 38.5 Å². The number of Topliss-reactive ketones (excluding diaryl/α,β-unsaturated/α-hetero) is 1. The third kappa shape index (κ3) is 3.89. The van der Waals surface area contributed by atoms with E-state index in [4.69, 9.17) is 16.3 Å². The largest absolute Gasteiger partial charge is 0.507 e. The number of amides is 1. The van der Waals surface area contributed by atoms with Gasteiger partial charge in [0.25, 0.3) is 11.5 Å². The number of nitro benzene ring substituents is 1. The van der Waals surface area contributed by atoms with E-state index in [0.717, 1.165) is 5.56 Å². The molecule has 9 nitrogen and oxygen atoms in total. The van der Waals surface area contributed by atoms with Crippen LogP contribution in [0.1, 0.15) is 29.7 Å². The maximum absolute atomic E-state index is 13.4. The van der Waals surface area contributed by atoms with Gasteiger partial charge in [0.2, 0.25) is 0 Å². The Hall–Kier alpha value is -4.28. The van der Waals surface area contributed by atoms with Crippen LogP contribution in [0, 0.1) is 10.1 Å². The molecule has 0 aliphatic carbocycles. The monoisotopic (exact) mass is 547 g/mol. The lowest BCUT2D eigenvalue weighted by atomic mass is 9.94. The van der Waals surface area contributed by atoms with Gasteiger partial charge in [-0.15, -0.1) is 0 Å². The maximum Gasteiger partial charge on any atom is 0.301 e. The average Bonchev–Trinajstić information content (AvgIpc) is 3.55. The Bertz CT molecular complexity index is 1700. The smallest absolute Gasteiger partial charge is 0.301 e. The number of ether oxygens (including phenoxy) is 1. The van der Waals surface area contributed by atoms with Crippen molar-refractivity contribution in [3.63, 3.8) is 0 Å². The number of carbonyl (C=O) groups excluding carboxylic acids is 2. The zero-order chi connectivity index (χ0) is 26.7. The van der Waals surface area contributed by atoms with Crippen molar-refractivity contribution < 1.29 is 24.4 Å². The van der Waals surface area contributed by atoms with Gasteiger partial charge in [-0.25, -0.2) is 4.98 Å². The van der Waals surface area contributed by atoms with Crippen molar-refractivity contribution in [2.75, 3.05) is 4.90 Å². The molecule has 38 heavy (non-hydrogen) atoms. The van der Waals surface area contributed by atoms with E-state index in [1.165, 1.54) is 40.5 Å². The van der Waals surface area contributed by atoms with Crippen molar-refractivity contribution in [3.05, 3.63) is 98.1 Å². The second-order valence-electron chi connectivity index (χ2n) is 9.08. The minimum Gasteiger partial charge on any atom is -0.507 e. The summed E-state index contributed by atoms with van der Waals surface area (Å²) in [5.74, 6) is -1.39. The molecule has 11 heteroatoms. The summed E-state index contributed by atoms with van der Waals surface area (Å²) >= 11 is 7.30. The van der Waals surface area contributed by atoms with Gasteiger partial charge in [-0.05, 0) is 66.6 Å². The maximum atomic E-state index is 13.4. The van der Waals surface area contributed by atoms with Gasteiger partial charge in [0, 0.05) is 29.1 Å². The lowest BCUT2D eigenvalue weighted by Gasteiger charge is -2.23. The van der Waals surface area contributed by atoms with E-state index in [-0.39, 0.29) is 28.3 Å². The van der Waals surface area contributed by atoms with E-state index < -0.39 is 22.7 Å². The van der Waals surface area contributed by atoms with Gasteiger partial charge in [-0.3, -0.25) is 24.6 Å². The van der Waals surface area contributed by atoms with Gasteiger partial charge in [0.15, 0.2) is 5.13 Å². The molecule has 4 aromatic rings. The summed E-state index contributed by atoms with van der Waals surface area (Å²) in [5, 5.41) is 23.4. The van der Waals surface area contributed by atoms with Crippen molar-refractivity contribution in [1.29, 1.82) is 0 Å². The molecule has 6 rings (SSSR count). The number of rotatable bonds is 4. The van der Waals surface area contributed by atoms with E-state index in [1.54, 1.807) is 36.4 Å². The SMILES string of the molecule is C[C@@H]1Cc2cc(/C(O)=C3\C(=O)C(=O)N(c4nc5ccc(Cl)cc5s4)[C@H]3c3ccc([N+](=O)[O-])cc3)ccc2O1. The van der Waals surface area contributed by atoms with Crippen molar-refractivity contribution in [1.82, 2.24) is 4.98 Å². The number of anilines is 1. The van der Waals surface area contributed by atoms with Crippen molar-refractivity contribution in [2.45, 2.75) is 25.5 Å².